The second-order valence-corrected chi connectivity index (χ2v) is 6.84. The molecule has 1 amide bonds. The minimum absolute atomic E-state index is 0.00102. The van der Waals surface area contributed by atoms with Crippen LogP contribution < -0.4 is 10.9 Å². The highest BCUT2D eigenvalue weighted by Gasteiger charge is 2.16. The summed E-state index contributed by atoms with van der Waals surface area (Å²) in [6.45, 7) is 0. The maximum Gasteiger partial charge on any atom is 0.349 e. The van der Waals surface area contributed by atoms with Crippen LogP contribution in [0.4, 0.5) is 5.69 Å². The summed E-state index contributed by atoms with van der Waals surface area (Å²) in [6.07, 6.45) is 3.27. The van der Waals surface area contributed by atoms with E-state index in [4.69, 9.17) is 4.42 Å². The third-order valence-corrected chi connectivity index (χ3v) is 4.79. The first-order valence-electron chi connectivity index (χ1n) is 7.77. The Labute approximate surface area is 146 Å². The molecular weight excluding hydrogens is 370 g/mol. The molecule has 2 aromatic carbocycles. The highest BCUT2D eigenvalue weighted by atomic mass is 79.9. The lowest BCUT2D eigenvalue weighted by Crippen LogP contribution is -2.20. The molecule has 0 radical (unpaired) electrons. The van der Waals surface area contributed by atoms with Crippen molar-refractivity contribution < 1.29 is 9.21 Å². The quantitative estimate of drug-likeness (QED) is 0.671. The Morgan fingerprint density at radius 3 is 2.75 bits per heavy atom. The number of carbonyl (C=O) groups excluding carboxylic acids is 1. The molecule has 5 heteroatoms. The molecule has 0 saturated heterocycles. The van der Waals surface area contributed by atoms with E-state index in [9.17, 15) is 9.59 Å². The lowest BCUT2D eigenvalue weighted by Gasteiger charge is -2.07. The second kappa shape index (κ2) is 5.91. The average Bonchev–Trinajstić information content (AvgIpc) is 3.02. The Bertz CT molecular complexity index is 1020. The molecular formula is C19H14BrNO3. The number of rotatable bonds is 2. The first kappa shape index (κ1) is 15.1. The minimum atomic E-state index is -0.636. The van der Waals surface area contributed by atoms with Crippen LogP contribution in [0.2, 0.25) is 0 Å². The van der Waals surface area contributed by atoms with Crippen molar-refractivity contribution in [1.29, 1.82) is 0 Å². The molecule has 0 spiro atoms. The van der Waals surface area contributed by atoms with Gasteiger partial charge in [0.1, 0.15) is 11.1 Å². The van der Waals surface area contributed by atoms with Crippen molar-refractivity contribution in [2.45, 2.75) is 19.3 Å². The number of anilines is 1. The third kappa shape index (κ3) is 2.76. The highest BCUT2D eigenvalue weighted by molar-refractivity contribution is 9.10. The topological polar surface area (TPSA) is 59.3 Å². The van der Waals surface area contributed by atoms with Crippen molar-refractivity contribution in [3.8, 4) is 0 Å². The zero-order chi connectivity index (χ0) is 16.7. The fourth-order valence-corrected chi connectivity index (χ4v) is 3.48. The SMILES string of the molecule is O=C(Nc1ccc2c(c1)CCC2)c1cc2cc(Br)ccc2oc1=O. The van der Waals surface area contributed by atoms with Gasteiger partial charge in [-0.15, -0.1) is 0 Å². The standard InChI is InChI=1S/C19H14BrNO3/c20-14-5-7-17-13(8-14)10-16(19(23)24-17)18(22)21-15-6-4-11-2-1-3-12(11)9-15/h4-10H,1-3H2,(H,21,22). The van der Waals surface area contributed by atoms with Gasteiger partial charge in [0.2, 0.25) is 0 Å². The molecule has 1 N–H and O–H groups in total. The molecule has 0 unspecified atom stereocenters. The predicted octanol–water partition coefficient (Wildman–Crippen LogP) is 4.30. The third-order valence-electron chi connectivity index (χ3n) is 4.30. The normalized spacial score (nSPS) is 13.0. The van der Waals surface area contributed by atoms with Crippen LogP contribution in [0.15, 0.2) is 56.1 Å². The van der Waals surface area contributed by atoms with Gasteiger partial charge in [-0.25, -0.2) is 4.79 Å². The fraction of sp³-hybridized carbons (Fsp3) is 0.158. The molecule has 0 aliphatic heterocycles. The Hall–Kier alpha value is -2.40. The average molecular weight is 384 g/mol. The van der Waals surface area contributed by atoms with Crippen molar-refractivity contribution in [3.05, 3.63) is 74.0 Å². The Morgan fingerprint density at radius 1 is 1.04 bits per heavy atom. The summed E-state index contributed by atoms with van der Waals surface area (Å²) in [5.74, 6) is -0.455. The number of halogens is 1. The number of fused-ring (bicyclic) bond motifs is 2. The fourth-order valence-electron chi connectivity index (χ4n) is 3.10. The van der Waals surface area contributed by atoms with Crippen LogP contribution in [0.1, 0.15) is 27.9 Å². The largest absolute Gasteiger partial charge is 0.422 e. The zero-order valence-electron chi connectivity index (χ0n) is 12.8. The predicted molar refractivity (Wildman–Crippen MR) is 96.6 cm³/mol. The summed E-state index contributed by atoms with van der Waals surface area (Å²) in [5.41, 5.74) is 3.13. The highest BCUT2D eigenvalue weighted by Crippen LogP contribution is 2.25. The van der Waals surface area contributed by atoms with E-state index >= 15 is 0 Å². The number of benzene rings is 2. The number of amides is 1. The van der Waals surface area contributed by atoms with Crippen molar-refractivity contribution in [1.82, 2.24) is 0 Å². The molecule has 4 nitrogen and oxygen atoms in total. The summed E-state index contributed by atoms with van der Waals surface area (Å²) in [6, 6.07) is 12.8. The van der Waals surface area contributed by atoms with E-state index in [1.54, 1.807) is 18.2 Å². The number of hydrogen-bond acceptors (Lipinski definition) is 3. The van der Waals surface area contributed by atoms with Gasteiger partial charge in [-0.1, -0.05) is 22.0 Å². The molecule has 1 heterocycles. The van der Waals surface area contributed by atoms with E-state index < -0.39 is 11.5 Å². The van der Waals surface area contributed by atoms with Crippen LogP contribution in [-0.2, 0) is 12.8 Å². The van der Waals surface area contributed by atoms with Crippen molar-refractivity contribution in [3.63, 3.8) is 0 Å². The van der Waals surface area contributed by atoms with Crippen LogP contribution in [0.3, 0.4) is 0 Å². The molecule has 0 bridgehead atoms. The van der Waals surface area contributed by atoms with Crippen molar-refractivity contribution >= 4 is 38.5 Å². The molecule has 3 aromatic rings. The summed E-state index contributed by atoms with van der Waals surface area (Å²) in [7, 11) is 0. The first-order valence-corrected chi connectivity index (χ1v) is 8.56. The monoisotopic (exact) mass is 383 g/mol. The number of aryl methyl sites for hydroxylation is 2. The Morgan fingerprint density at radius 2 is 1.88 bits per heavy atom. The summed E-state index contributed by atoms with van der Waals surface area (Å²) < 4.78 is 6.10. The molecule has 0 saturated carbocycles. The van der Waals surface area contributed by atoms with E-state index in [1.165, 1.54) is 11.1 Å². The van der Waals surface area contributed by atoms with Gasteiger partial charge < -0.3 is 9.73 Å². The second-order valence-electron chi connectivity index (χ2n) is 5.92. The van der Waals surface area contributed by atoms with Gasteiger partial charge in [0, 0.05) is 15.5 Å². The van der Waals surface area contributed by atoms with Gasteiger partial charge in [-0.3, -0.25) is 4.79 Å². The summed E-state index contributed by atoms with van der Waals surface area (Å²) >= 11 is 3.37. The van der Waals surface area contributed by atoms with E-state index in [-0.39, 0.29) is 5.56 Å². The van der Waals surface area contributed by atoms with Crippen LogP contribution in [0, 0.1) is 0 Å². The van der Waals surface area contributed by atoms with E-state index in [1.807, 2.05) is 24.3 Å². The van der Waals surface area contributed by atoms with E-state index in [0.29, 0.717) is 16.7 Å². The number of carbonyl (C=O) groups is 1. The van der Waals surface area contributed by atoms with Crippen LogP contribution in [0.25, 0.3) is 11.0 Å². The minimum Gasteiger partial charge on any atom is -0.422 e. The van der Waals surface area contributed by atoms with Crippen LogP contribution >= 0.6 is 15.9 Å². The first-order chi connectivity index (χ1) is 11.6. The van der Waals surface area contributed by atoms with Crippen molar-refractivity contribution in [2.24, 2.45) is 0 Å². The van der Waals surface area contributed by atoms with E-state index in [2.05, 4.69) is 21.2 Å². The summed E-state index contributed by atoms with van der Waals surface area (Å²) in [4.78, 5) is 24.6. The molecule has 4 rings (SSSR count). The molecule has 0 fully saturated rings. The van der Waals surface area contributed by atoms with Crippen LogP contribution in [0.5, 0.6) is 0 Å². The van der Waals surface area contributed by atoms with Crippen molar-refractivity contribution in [2.75, 3.05) is 5.32 Å². The van der Waals surface area contributed by atoms with Gasteiger partial charge in [-0.2, -0.15) is 0 Å². The van der Waals surface area contributed by atoms with Gasteiger partial charge in [0.25, 0.3) is 5.91 Å². The smallest absolute Gasteiger partial charge is 0.349 e. The lowest BCUT2D eigenvalue weighted by molar-refractivity contribution is 0.102. The maximum atomic E-state index is 12.5. The molecule has 1 aliphatic rings. The zero-order valence-corrected chi connectivity index (χ0v) is 14.4. The Balaban J connectivity index is 1.68. The van der Waals surface area contributed by atoms with Gasteiger partial charge in [-0.05, 0) is 66.8 Å². The maximum absolute atomic E-state index is 12.5. The molecule has 1 aromatic heterocycles. The van der Waals surface area contributed by atoms with E-state index in [0.717, 1.165) is 23.7 Å². The Kier molecular flexibility index (Phi) is 3.73. The van der Waals surface area contributed by atoms with Gasteiger partial charge >= 0.3 is 5.63 Å². The molecule has 0 atom stereocenters. The van der Waals surface area contributed by atoms with Gasteiger partial charge in [0.15, 0.2) is 0 Å². The lowest BCUT2D eigenvalue weighted by atomic mass is 10.1. The number of hydrogen-bond donors (Lipinski definition) is 1. The van der Waals surface area contributed by atoms with Gasteiger partial charge in [0.05, 0.1) is 0 Å². The number of nitrogens with one attached hydrogen (secondary N) is 1. The molecule has 120 valence electrons. The summed E-state index contributed by atoms with van der Waals surface area (Å²) in [5, 5.41) is 3.49. The molecule has 24 heavy (non-hydrogen) atoms. The molecule has 1 aliphatic carbocycles. The van der Waals surface area contributed by atoms with Crippen LogP contribution in [-0.4, -0.2) is 5.91 Å².